The van der Waals surface area contributed by atoms with Gasteiger partial charge >= 0.3 is 5.97 Å². The van der Waals surface area contributed by atoms with Crippen molar-refractivity contribution >= 4 is 16.9 Å². The molecule has 3 nitrogen and oxygen atoms in total. The number of rotatable bonds is 1. The fourth-order valence-electron chi connectivity index (χ4n) is 2.13. The summed E-state index contributed by atoms with van der Waals surface area (Å²) in [6, 6.07) is 4.10. The third-order valence-corrected chi connectivity index (χ3v) is 3.28. The van der Waals surface area contributed by atoms with E-state index in [4.69, 9.17) is 9.52 Å². The normalized spacial score (nSPS) is 12.1. The van der Waals surface area contributed by atoms with Gasteiger partial charge in [-0.25, -0.2) is 4.79 Å². The van der Waals surface area contributed by atoms with Gasteiger partial charge in [0.25, 0.3) is 0 Å². The number of aryl methyl sites for hydroxylation is 2. The molecular weight excluding hydrogens is 228 g/mol. The average Bonchev–Trinajstić information content (AvgIpc) is 2.56. The van der Waals surface area contributed by atoms with Crippen molar-refractivity contribution in [1.82, 2.24) is 0 Å². The Morgan fingerprint density at radius 2 is 1.83 bits per heavy atom. The van der Waals surface area contributed by atoms with Gasteiger partial charge in [0.2, 0.25) is 5.76 Å². The van der Waals surface area contributed by atoms with E-state index in [9.17, 15) is 4.79 Å². The number of carboxylic acids is 1. The van der Waals surface area contributed by atoms with Gasteiger partial charge in [-0.2, -0.15) is 0 Å². The first kappa shape index (κ1) is 12.7. The maximum absolute atomic E-state index is 11.1. The molecule has 0 atom stereocenters. The summed E-state index contributed by atoms with van der Waals surface area (Å²) in [5, 5.41) is 9.99. The topological polar surface area (TPSA) is 50.4 Å². The second-order valence-corrected chi connectivity index (χ2v) is 5.78. The third-order valence-electron chi connectivity index (χ3n) is 3.28. The van der Waals surface area contributed by atoms with Crippen LogP contribution in [0.1, 0.15) is 48.0 Å². The minimum absolute atomic E-state index is 0.0338. The summed E-state index contributed by atoms with van der Waals surface area (Å²) in [5.74, 6) is -0.973. The van der Waals surface area contributed by atoms with Gasteiger partial charge in [-0.1, -0.05) is 26.8 Å². The first-order valence-corrected chi connectivity index (χ1v) is 5.99. The molecule has 2 rings (SSSR count). The first-order valence-electron chi connectivity index (χ1n) is 5.99. The molecule has 0 fully saturated rings. The molecule has 3 heteroatoms. The lowest BCUT2D eigenvalue weighted by molar-refractivity contribution is 0.0664. The summed E-state index contributed by atoms with van der Waals surface area (Å²) < 4.78 is 5.46. The summed E-state index contributed by atoms with van der Waals surface area (Å²) in [4.78, 5) is 11.1. The zero-order valence-corrected chi connectivity index (χ0v) is 11.4. The molecule has 18 heavy (non-hydrogen) atoms. The van der Waals surface area contributed by atoms with E-state index in [1.54, 1.807) is 6.92 Å². The second kappa shape index (κ2) is 3.87. The van der Waals surface area contributed by atoms with Crippen LogP contribution in [-0.2, 0) is 5.41 Å². The Balaban J connectivity index is 2.80. The molecule has 0 amide bonds. The molecule has 0 saturated heterocycles. The highest BCUT2D eigenvalue weighted by atomic mass is 16.4. The fraction of sp³-hybridized carbons (Fsp3) is 0.400. The van der Waals surface area contributed by atoms with Crippen LogP contribution in [0, 0.1) is 13.8 Å². The van der Waals surface area contributed by atoms with Crippen LogP contribution in [0.5, 0.6) is 0 Å². The Kier molecular flexibility index (Phi) is 2.73. The van der Waals surface area contributed by atoms with Crippen LogP contribution in [-0.4, -0.2) is 11.1 Å². The monoisotopic (exact) mass is 246 g/mol. The Labute approximate surface area is 106 Å². The molecule has 0 radical (unpaired) electrons. The summed E-state index contributed by atoms with van der Waals surface area (Å²) in [6.45, 7) is 10.2. The molecule has 96 valence electrons. The largest absolute Gasteiger partial charge is 0.475 e. The lowest BCUT2D eigenvalue weighted by Gasteiger charge is -2.19. The molecule has 2 aromatic rings. The average molecular weight is 246 g/mol. The molecule has 0 spiro atoms. The van der Waals surface area contributed by atoms with E-state index in [2.05, 4.69) is 26.8 Å². The molecule has 0 aliphatic rings. The van der Waals surface area contributed by atoms with Gasteiger partial charge in [0.05, 0.1) is 0 Å². The van der Waals surface area contributed by atoms with E-state index in [1.807, 2.05) is 13.0 Å². The number of benzene rings is 1. The highest BCUT2D eigenvalue weighted by molar-refractivity contribution is 5.96. The first-order chi connectivity index (χ1) is 8.21. The molecule has 1 aromatic heterocycles. The van der Waals surface area contributed by atoms with Gasteiger partial charge in [0, 0.05) is 10.9 Å². The van der Waals surface area contributed by atoms with Gasteiger partial charge in [-0.15, -0.1) is 0 Å². The summed E-state index contributed by atoms with van der Waals surface area (Å²) in [6.07, 6.45) is 0. The summed E-state index contributed by atoms with van der Waals surface area (Å²) in [5.41, 5.74) is 3.58. The number of hydrogen-bond donors (Lipinski definition) is 1. The van der Waals surface area contributed by atoms with E-state index >= 15 is 0 Å². The van der Waals surface area contributed by atoms with Crippen LogP contribution in [0.15, 0.2) is 16.5 Å². The number of hydrogen-bond acceptors (Lipinski definition) is 2. The number of aromatic carboxylic acids is 1. The van der Waals surface area contributed by atoms with Crippen molar-refractivity contribution in [3.63, 3.8) is 0 Å². The molecular formula is C15H18O3. The van der Waals surface area contributed by atoms with Crippen molar-refractivity contribution in [2.75, 3.05) is 0 Å². The molecule has 0 aliphatic carbocycles. The van der Waals surface area contributed by atoms with Gasteiger partial charge in [-0.05, 0) is 36.5 Å². The number of carboxylic acid groups (broad SMARTS) is 1. The molecule has 0 bridgehead atoms. The number of carbonyl (C=O) groups is 1. The Morgan fingerprint density at radius 1 is 1.22 bits per heavy atom. The van der Waals surface area contributed by atoms with Crippen molar-refractivity contribution < 1.29 is 14.3 Å². The Bertz CT molecular complexity index is 627. The Hall–Kier alpha value is -1.77. The minimum Gasteiger partial charge on any atom is -0.475 e. The van der Waals surface area contributed by atoms with Gasteiger partial charge < -0.3 is 9.52 Å². The molecule has 0 saturated carbocycles. The van der Waals surface area contributed by atoms with E-state index in [0.717, 1.165) is 10.9 Å². The zero-order valence-electron chi connectivity index (χ0n) is 11.4. The second-order valence-electron chi connectivity index (χ2n) is 5.78. The lowest BCUT2D eigenvalue weighted by Crippen LogP contribution is -2.11. The van der Waals surface area contributed by atoms with Crippen molar-refractivity contribution in [2.24, 2.45) is 0 Å². The van der Waals surface area contributed by atoms with Crippen LogP contribution in [0.4, 0.5) is 0 Å². The van der Waals surface area contributed by atoms with Crippen LogP contribution in [0.2, 0.25) is 0 Å². The smallest absolute Gasteiger partial charge is 0.372 e. The summed E-state index contributed by atoms with van der Waals surface area (Å²) in [7, 11) is 0. The number of furan rings is 1. The standard InChI is InChI=1S/C15H18O3/c1-8-6-10(15(3,4)5)7-11-9(2)13(14(16)17)18-12(8)11/h6-7H,1-5H3,(H,16,17). The van der Waals surface area contributed by atoms with Crippen LogP contribution in [0.3, 0.4) is 0 Å². The number of fused-ring (bicyclic) bond motifs is 1. The van der Waals surface area contributed by atoms with Gasteiger partial charge in [0.1, 0.15) is 5.58 Å². The van der Waals surface area contributed by atoms with E-state index in [1.165, 1.54) is 5.56 Å². The van der Waals surface area contributed by atoms with E-state index < -0.39 is 5.97 Å². The highest BCUT2D eigenvalue weighted by Crippen LogP contribution is 2.33. The molecule has 1 aromatic carbocycles. The van der Waals surface area contributed by atoms with Crippen molar-refractivity contribution in [3.8, 4) is 0 Å². The minimum atomic E-state index is -1.01. The third kappa shape index (κ3) is 1.90. The van der Waals surface area contributed by atoms with Crippen LogP contribution < -0.4 is 0 Å². The van der Waals surface area contributed by atoms with Crippen LogP contribution in [0.25, 0.3) is 11.0 Å². The Morgan fingerprint density at radius 3 is 2.33 bits per heavy atom. The quantitative estimate of drug-likeness (QED) is 0.826. The zero-order chi connectivity index (χ0) is 13.7. The summed E-state index contributed by atoms with van der Waals surface area (Å²) >= 11 is 0. The fourth-order valence-corrected chi connectivity index (χ4v) is 2.13. The van der Waals surface area contributed by atoms with Crippen molar-refractivity contribution in [1.29, 1.82) is 0 Å². The molecule has 1 heterocycles. The lowest BCUT2D eigenvalue weighted by atomic mass is 9.85. The molecule has 1 N–H and O–H groups in total. The van der Waals surface area contributed by atoms with Crippen LogP contribution >= 0.6 is 0 Å². The van der Waals surface area contributed by atoms with Gasteiger partial charge in [-0.3, -0.25) is 0 Å². The van der Waals surface area contributed by atoms with Gasteiger partial charge in [0.15, 0.2) is 0 Å². The van der Waals surface area contributed by atoms with E-state index in [-0.39, 0.29) is 11.2 Å². The maximum atomic E-state index is 11.1. The van der Waals surface area contributed by atoms with Crippen molar-refractivity contribution in [2.45, 2.75) is 40.0 Å². The van der Waals surface area contributed by atoms with Crippen molar-refractivity contribution in [3.05, 3.63) is 34.6 Å². The maximum Gasteiger partial charge on any atom is 0.372 e. The van der Waals surface area contributed by atoms with E-state index in [0.29, 0.717) is 11.1 Å². The molecule has 0 aliphatic heterocycles. The molecule has 0 unspecified atom stereocenters. The predicted molar refractivity (Wildman–Crippen MR) is 71.3 cm³/mol. The SMILES string of the molecule is Cc1c(C(=O)O)oc2c(C)cc(C(C)(C)C)cc12. The predicted octanol–water partition coefficient (Wildman–Crippen LogP) is 4.05. The highest BCUT2D eigenvalue weighted by Gasteiger charge is 2.21.